The molecule has 0 unspecified atom stereocenters. The molecule has 0 saturated carbocycles. The summed E-state index contributed by atoms with van der Waals surface area (Å²) in [4.78, 5) is 10.4. The van der Waals surface area contributed by atoms with Crippen LogP contribution in [0.1, 0.15) is 5.56 Å². The van der Waals surface area contributed by atoms with Crippen molar-refractivity contribution in [3.05, 3.63) is 87.4 Å². The molecule has 0 atom stereocenters. The summed E-state index contributed by atoms with van der Waals surface area (Å²) in [6.45, 7) is -2.94. The van der Waals surface area contributed by atoms with Gasteiger partial charge in [0.2, 0.25) is 0 Å². The van der Waals surface area contributed by atoms with E-state index < -0.39 is 27.2 Å². The lowest BCUT2D eigenvalue weighted by atomic mass is 10.2. The summed E-state index contributed by atoms with van der Waals surface area (Å²) < 4.78 is 56.1. The normalized spacial score (nSPS) is 11.5. The van der Waals surface area contributed by atoms with Crippen molar-refractivity contribution < 1.29 is 26.9 Å². The van der Waals surface area contributed by atoms with Gasteiger partial charge >= 0.3 is 6.61 Å². The fourth-order valence-corrected chi connectivity index (χ4v) is 3.77. The van der Waals surface area contributed by atoms with Crippen LogP contribution in [-0.2, 0) is 10.0 Å². The molecule has 0 spiro atoms. The van der Waals surface area contributed by atoms with Crippen LogP contribution in [0.4, 0.5) is 25.8 Å². The second-order valence-electron chi connectivity index (χ2n) is 6.37. The maximum absolute atomic E-state index is 12.6. The van der Waals surface area contributed by atoms with E-state index in [0.717, 1.165) is 6.07 Å². The van der Waals surface area contributed by atoms with E-state index in [1.807, 2.05) is 0 Å². The lowest BCUT2D eigenvalue weighted by Crippen LogP contribution is -2.13. The van der Waals surface area contributed by atoms with Crippen molar-refractivity contribution in [1.29, 1.82) is 0 Å². The van der Waals surface area contributed by atoms with Crippen LogP contribution >= 0.6 is 11.6 Å². The highest BCUT2D eigenvalue weighted by molar-refractivity contribution is 7.92. The quantitative estimate of drug-likeness (QED) is 0.241. The van der Waals surface area contributed by atoms with Crippen molar-refractivity contribution in [2.45, 2.75) is 11.5 Å². The lowest BCUT2D eigenvalue weighted by Gasteiger charge is -2.09. The number of nitro benzene ring substituents is 1. The monoisotopic (exact) mass is 496 g/mol. The number of alkyl halides is 2. The summed E-state index contributed by atoms with van der Waals surface area (Å²) >= 11 is 5.78. The number of hydrazone groups is 1. The van der Waals surface area contributed by atoms with Crippen molar-refractivity contribution in [2.24, 2.45) is 5.10 Å². The summed E-state index contributed by atoms with van der Waals surface area (Å²) in [5.74, 6) is -0.0326. The Morgan fingerprint density at radius 3 is 2.33 bits per heavy atom. The number of nitro groups is 1. The Morgan fingerprint density at radius 1 is 1.06 bits per heavy atom. The van der Waals surface area contributed by atoms with Crippen LogP contribution in [0.5, 0.6) is 5.75 Å². The van der Waals surface area contributed by atoms with Gasteiger partial charge in [-0.15, -0.1) is 0 Å². The van der Waals surface area contributed by atoms with Crippen molar-refractivity contribution in [3.8, 4) is 5.75 Å². The Morgan fingerprint density at radius 2 is 1.73 bits per heavy atom. The Kier molecular flexibility index (Phi) is 7.41. The first-order chi connectivity index (χ1) is 15.6. The molecule has 0 saturated heterocycles. The molecule has 0 amide bonds. The van der Waals surface area contributed by atoms with E-state index in [1.54, 1.807) is 0 Å². The van der Waals surface area contributed by atoms with Gasteiger partial charge in [0, 0.05) is 16.8 Å². The summed E-state index contributed by atoms with van der Waals surface area (Å²) in [5.41, 5.74) is 2.63. The zero-order chi connectivity index (χ0) is 24.0. The minimum absolute atomic E-state index is 0.0326. The molecule has 9 nitrogen and oxygen atoms in total. The molecular weight excluding hydrogens is 482 g/mol. The fraction of sp³-hybridized carbons (Fsp3) is 0.0500. The highest BCUT2D eigenvalue weighted by atomic mass is 35.5. The van der Waals surface area contributed by atoms with Gasteiger partial charge in [-0.05, 0) is 66.2 Å². The van der Waals surface area contributed by atoms with Gasteiger partial charge in [0.05, 0.1) is 16.0 Å². The van der Waals surface area contributed by atoms with E-state index in [2.05, 4.69) is 20.0 Å². The molecule has 13 heteroatoms. The minimum atomic E-state index is -4.10. The number of hydrogen-bond donors (Lipinski definition) is 2. The maximum atomic E-state index is 12.6. The third kappa shape index (κ3) is 6.60. The van der Waals surface area contributed by atoms with Crippen molar-refractivity contribution in [3.63, 3.8) is 0 Å². The Balaban J connectivity index is 1.76. The number of sulfonamides is 1. The smallest absolute Gasteiger partial charge is 0.387 e. The lowest BCUT2D eigenvalue weighted by molar-refractivity contribution is -0.384. The highest BCUT2D eigenvalue weighted by Gasteiger charge is 2.21. The molecule has 0 aromatic heterocycles. The minimum Gasteiger partial charge on any atom is -0.435 e. The van der Waals surface area contributed by atoms with Gasteiger partial charge in [0.1, 0.15) is 11.4 Å². The van der Waals surface area contributed by atoms with E-state index >= 15 is 0 Å². The average Bonchev–Trinajstić information content (AvgIpc) is 2.76. The van der Waals surface area contributed by atoms with E-state index in [4.69, 9.17) is 11.6 Å². The van der Waals surface area contributed by atoms with Crippen LogP contribution in [0.3, 0.4) is 0 Å². The Hall–Kier alpha value is -3.77. The molecule has 3 aromatic rings. The van der Waals surface area contributed by atoms with Gasteiger partial charge < -0.3 is 4.74 Å². The van der Waals surface area contributed by atoms with Gasteiger partial charge in [0.15, 0.2) is 0 Å². The second-order valence-corrected chi connectivity index (χ2v) is 8.48. The van der Waals surface area contributed by atoms with Crippen molar-refractivity contribution in [2.75, 3.05) is 10.1 Å². The molecule has 0 heterocycles. The van der Waals surface area contributed by atoms with Gasteiger partial charge in [-0.3, -0.25) is 20.3 Å². The molecule has 0 radical (unpaired) electrons. The summed E-state index contributed by atoms with van der Waals surface area (Å²) in [5, 5.41) is 15.7. The van der Waals surface area contributed by atoms with Gasteiger partial charge in [0.25, 0.3) is 15.7 Å². The number of nitrogens with one attached hydrogen (secondary N) is 2. The number of halogens is 3. The molecular formula is C20H15ClF2N4O5S. The number of ether oxygens (including phenoxy) is 1. The predicted octanol–water partition coefficient (Wildman–Crippen LogP) is 5.10. The fourth-order valence-electron chi connectivity index (χ4n) is 2.57. The predicted molar refractivity (Wildman–Crippen MR) is 120 cm³/mol. The zero-order valence-electron chi connectivity index (χ0n) is 16.5. The third-order valence-corrected chi connectivity index (χ3v) is 5.71. The van der Waals surface area contributed by atoms with Crippen LogP contribution in [0, 0.1) is 10.1 Å². The van der Waals surface area contributed by atoms with E-state index in [1.165, 1.54) is 66.9 Å². The number of benzene rings is 3. The maximum Gasteiger partial charge on any atom is 0.387 e. The topological polar surface area (TPSA) is 123 Å². The van der Waals surface area contributed by atoms with Crippen LogP contribution in [0.2, 0.25) is 5.02 Å². The molecule has 0 aliphatic rings. The SMILES string of the molecule is O=[N+]([O-])c1cc(S(=O)(=O)Nc2ccc(Cl)cc2)ccc1N/N=C/c1ccc(OC(F)F)cc1. The highest BCUT2D eigenvalue weighted by Crippen LogP contribution is 2.29. The van der Waals surface area contributed by atoms with Crippen LogP contribution in [0.25, 0.3) is 0 Å². The molecule has 0 bridgehead atoms. The van der Waals surface area contributed by atoms with Crippen LogP contribution in [0.15, 0.2) is 76.7 Å². The number of anilines is 2. The first-order valence-electron chi connectivity index (χ1n) is 9.05. The third-order valence-electron chi connectivity index (χ3n) is 4.08. The molecule has 0 aliphatic heterocycles. The molecule has 3 aromatic carbocycles. The molecule has 33 heavy (non-hydrogen) atoms. The van der Waals surface area contributed by atoms with Crippen molar-refractivity contribution >= 4 is 44.9 Å². The number of rotatable bonds is 9. The average molecular weight is 497 g/mol. The van der Waals surface area contributed by atoms with E-state index in [0.29, 0.717) is 10.6 Å². The summed E-state index contributed by atoms with van der Waals surface area (Å²) in [6, 6.07) is 14.7. The molecule has 3 rings (SSSR count). The molecule has 0 aliphatic carbocycles. The Labute approximate surface area is 191 Å². The van der Waals surface area contributed by atoms with E-state index in [-0.39, 0.29) is 22.0 Å². The van der Waals surface area contributed by atoms with E-state index in [9.17, 15) is 27.3 Å². The van der Waals surface area contributed by atoms with Gasteiger partial charge in [-0.2, -0.15) is 13.9 Å². The van der Waals surface area contributed by atoms with Gasteiger partial charge in [-0.1, -0.05) is 11.6 Å². The Bertz CT molecular complexity index is 1270. The summed E-state index contributed by atoms with van der Waals surface area (Å²) in [7, 11) is -4.10. The standard InChI is InChI=1S/C20H15ClF2N4O5S/c21-14-3-5-15(6-4-14)26-33(30,31)17-9-10-18(19(11-17)27(28)29)25-24-12-13-1-7-16(8-2-13)32-20(22)23/h1-12,20,25-26H/b24-12+. The molecule has 172 valence electrons. The molecule has 2 N–H and O–H groups in total. The zero-order valence-corrected chi connectivity index (χ0v) is 18.1. The van der Waals surface area contributed by atoms with Crippen LogP contribution in [-0.4, -0.2) is 26.2 Å². The van der Waals surface area contributed by atoms with Crippen LogP contribution < -0.4 is 14.9 Å². The number of nitrogens with zero attached hydrogens (tertiary/aromatic N) is 2. The first kappa shape index (κ1) is 23.9. The largest absolute Gasteiger partial charge is 0.435 e. The van der Waals surface area contributed by atoms with Gasteiger partial charge in [-0.25, -0.2) is 8.42 Å². The second kappa shape index (κ2) is 10.2. The summed E-state index contributed by atoms with van der Waals surface area (Å²) in [6.07, 6.45) is 1.29. The first-order valence-corrected chi connectivity index (χ1v) is 10.9. The number of hydrogen-bond acceptors (Lipinski definition) is 7. The molecule has 0 fully saturated rings. The van der Waals surface area contributed by atoms with Crippen molar-refractivity contribution in [1.82, 2.24) is 0 Å².